The standard InChI is InChI=1S/C28H44N2O6/c1-9-14-30(26(6,7)18-25(3,4)5)23(33)21-28-13-12-27(8,36-28)20(24(34)35-17-10-2)19(28)22(32)29(21)15-11-16-31/h9-10,19-21,31H,1-2,11-18H2,3-8H3/t19-,20+,21?,27-,28?/m0/s1. The molecule has 3 heterocycles. The molecule has 1 spiro atoms. The second-order valence-corrected chi connectivity index (χ2v) is 12.5. The molecule has 3 saturated heterocycles. The Labute approximate surface area is 215 Å². The number of ether oxygens (including phenoxy) is 2. The molecule has 2 amide bonds. The van der Waals surface area contributed by atoms with E-state index < -0.39 is 40.6 Å². The number of carbonyl (C=O) groups excluding carboxylic acids is 3. The lowest BCUT2D eigenvalue weighted by Gasteiger charge is -2.45. The number of carbonyl (C=O) groups is 3. The first-order chi connectivity index (χ1) is 16.7. The fourth-order valence-corrected chi connectivity index (χ4v) is 7.08. The number of hydrogen-bond acceptors (Lipinski definition) is 6. The third kappa shape index (κ3) is 4.74. The van der Waals surface area contributed by atoms with Gasteiger partial charge in [0.05, 0.1) is 11.5 Å². The predicted octanol–water partition coefficient (Wildman–Crippen LogP) is 3.09. The molecule has 3 aliphatic rings. The number of nitrogens with zero attached hydrogens (tertiary/aromatic N) is 2. The van der Waals surface area contributed by atoms with E-state index in [1.54, 1.807) is 15.9 Å². The minimum atomic E-state index is -1.12. The summed E-state index contributed by atoms with van der Waals surface area (Å²) >= 11 is 0. The Morgan fingerprint density at radius 2 is 1.89 bits per heavy atom. The number of aliphatic hydroxyl groups is 1. The molecule has 2 bridgehead atoms. The van der Waals surface area contributed by atoms with Gasteiger partial charge in [-0.15, -0.1) is 6.58 Å². The first-order valence-electron chi connectivity index (χ1n) is 13.0. The molecule has 0 aromatic heterocycles. The minimum Gasteiger partial charge on any atom is -0.461 e. The summed E-state index contributed by atoms with van der Waals surface area (Å²) in [5.41, 5.74) is -2.56. The summed E-state index contributed by atoms with van der Waals surface area (Å²) in [4.78, 5) is 44.9. The molecule has 0 aliphatic carbocycles. The number of likely N-dealkylation sites (tertiary alicyclic amines) is 1. The van der Waals surface area contributed by atoms with Crippen LogP contribution in [-0.4, -0.2) is 81.8 Å². The van der Waals surface area contributed by atoms with E-state index in [1.807, 2.05) is 20.8 Å². The number of fused-ring (bicyclic) bond motifs is 1. The smallest absolute Gasteiger partial charge is 0.313 e. The summed E-state index contributed by atoms with van der Waals surface area (Å²) in [5.74, 6) is -2.59. The van der Waals surface area contributed by atoms with Gasteiger partial charge in [-0.1, -0.05) is 39.5 Å². The lowest BCUT2D eigenvalue weighted by molar-refractivity contribution is -0.160. The highest BCUT2D eigenvalue weighted by molar-refractivity contribution is 5.98. The van der Waals surface area contributed by atoms with Gasteiger partial charge in [0.15, 0.2) is 0 Å². The summed E-state index contributed by atoms with van der Waals surface area (Å²) in [7, 11) is 0. The van der Waals surface area contributed by atoms with Gasteiger partial charge >= 0.3 is 5.97 Å². The monoisotopic (exact) mass is 504 g/mol. The van der Waals surface area contributed by atoms with Gasteiger partial charge in [0, 0.05) is 25.2 Å². The molecule has 3 aliphatic heterocycles. The Morgan fingerprint density at radius 1 is 1.22 bits per heavy atom. The molecule has 0 aromatic rings. The van der Waals surface area contributed by atoms with Crippen molar-refractivity contribution in [3.8, 4) is 0 Å². The maximum Gasteiger partial charge on any atom is 0.313 e. The van der Waals surface area contributed by atoms with Gasteiger partial charge < -0.3 is 24.4 Å². The molecular formula is C28H44N2O6. The first kappa shape index (κ1) is 28.4. The molecule has 3 rings (SSSR count). The van der Waals surface area contributed by atoms with Crippen LogP contribution in [0.5, 0.6) is 0 Å². The summed E-state index contributed by atoms with van der Waals surface area (Å²) in [6, 6.07) is -0.889. The average molecular weight is 505 g/mol. The normalized spacial score (nSPS) is 31.4. The Kier molecular flexibility index (Phi) is 7.83. The number of hydrogen-bond donors (Lipinski definition) is 1. The fraction of sp³-hybridized carbons (Fsp3) is 0.750. The number of amides is 2. The summed E-state index contributed by atoms with van der Waals surface area (Å²) < 4.78 is 12.0. The highest BCUT2D eigenvalue weighted by atomic mass is 16.6. The van der Waals surface area contributed by atoms with Crippen LogP contribution >= 0.6 is 0 Å². The Morgan fingerprint density at radius 3 is 2.44 bits per heavy atom. The van der Waals surface area contributed by atoms with Crippen LogP contribution in [-0.2, 0) is 23.9 Å². The van der Waals surface area contributed by atoms with E-state index in [0.717, 1.165) is 6.42 Å². The van der Waals surface area contributed by atoms with Crippen molar-refractivity contribution >= 4 is 17.8 Å². The Balaban J connectivity index is 2.08. The van der Waals surface area contributed by atoms with Crippen molar-refractivity contribution in [1.29, 1.82) is 0 Å². The van der Waals surface area contributed by atoms with Gasteiger partial charge in [0.2, 0.25) is 11.8 Å². The van der Waals surface area contributed by atoms with E-state index in [0.29, 0.717) is 25.8 Å². The third-order valence-corrected chi connectivity index (χ3v) is 7.94. The number of esters is 1. The lowest BCUT2D eigenvalue weighted by Crippen LogP contribution is -2.61. The van der Waals surface area contributed by atoms with Gasteiger partial charge in [-0.3, -0.25) is 14.4 Å². The molecule has 36 heavy (non-hydrogen) atoms. The lowest BCUT2D eigenvalue weighted by atomic mass is 9.66. The quantitative estimate of drug-likeness (QED) is 0.343. The van der Waals surface area contributed by atoms with Crippen molar-refractivity contribution in [1.82, 2.24) is 9.80 Å². The van der Waals surface area contributed by atoms with E-state index in [4.69, 9.17) is 9.47 Å². The van der Waals surface area contributed by atoms with Crippen LogP contribution in [0.2, 0.25) is 0 Å². The molecule has 0 saturated carbocycles. The second kappa shape index (κ2) is 9.93. The molecule has 0 aromatic carbocycles. The Bertz CT molecular complexity index is 908. The predicted molar refractivity (Wildman–Crippen MR) is 137 cm³/mol. The van der Waals surface area contributed by atoms with Crippen molar-refractivity contribution in [3.63, 3.8) is 0 Å². The van der Waals surface area contributed by atoms with Crippen molar-refractivity contribution in [2.24, 2.45) is 17.3 Å². The van der Waals surface area contributed by atoms with Crippen LogP contribution in [0.3, 0.4) is 0 Å². The summed E-state index contributed by atoms with van der Waals surface area (Å²) in [6.45, 7) is 20.3. The molecule has 202 valence electrons. The van der Waals surface area contributed by atoms with Gasteiger partial charge in [0.25, 0.3) is 0 Å². The third-order valence-electron chi connectivity index (χ3n) is 7.94. The van der Waals surface area contributed by atoms with Crippen LogP contribution in [0.1, 0.15) is 67.2 Å². The molecular weight excluding hydrogens is 460 g/mol. The van der Waals surface area contributed by atoms with E-state index in [2.05, 4.69) is 33.9 Å². The van der Waals surface area contributed by atoms with Gasteiger partial charge in [0.1, 0.15) is 24.2 Å². The Hall–Kier alpha value is -2.19. The molecule has 0 radical (unpaired) electrons. The van der Waals surface area contributed by atoms with Crippen LogP contribution in [0.4, 0.5) is 0 Å². The zero-order valence-electron chi connectivity index (χ0n) is 22.8. The van der Waals surface area contributed by atoms with Crippen molar-refractivity contribution in [3.05, 3.63) is 25.3 Å². The highest BCUT2D eigenvalue weighted by Crippen LogP contribution is 2.63. The van der Waals surface area contributed by atoms with Crippen LogP contribution in [0.25, 0.3) is 0 Å². The van der Waals surface area contributed by atoms with Crippen molar-refractivity contribution < 1.29 is 29.0 Å². The maximum atomic E-state index is 14.5. The fourth-order valence-electron chi connectivity index (χ4n) is 7.08. The van der Waals surface area contributed by atoms with E-state index in [1.165, 1.54) is 6.08 Å². The molecule has 3 fully saturated rings. The molecule has 8 nitrogen and oxygen atoms in total. The first-order valence-corrected chi connectivity index (χ1v) is 13.0. The van der Waals surface area contributed by atoms with Crippen molar-refractivity contribution in [2.75, 3.05) is 26.3 Å². The summed E-state index contributed by atoms with van der Waals surface area (Å²) in [6.07, 6.45) is 5.31. The highest BCUT2D eigenvalue weighted by Gasteiger charge is 2.78. The van der Waals surface area contributed by atoms with Gasteiger partial charge in [-0.25, -0.2) is 0 Å². The van der Waals surface area contributed by atoms with E-state index >= 15 is 0 Å². The van der Waals surface area contributed by atoms with Gasteiger partial charge in [-0.2, -0.15) is 0 Å². The zero-order valence-corrected chi connectivity index (χ0v) is 22.8. The van der Waals surface area contributed by atoms with Crippen LogP contribution in [0, 0.1) is 17.3 Å². The molecule has 5 atom stereocenters. The average Bonchev–Trinajstić information content (AvgIpc) is 3.33. The topological polar surface area (TPSA) is 96.4 Å². The van der Waals surface area contributed by atoms with E-state index in [-0.39, 0.29) is 37.0 Å². The zero-order chi connectivity index (χ0) is 27.1. The minimum absolute atomic E-state index is 0.0398. The summed E-state index contributed by atoms with van der Waals surface area (Å²) in [5, 5.41) is 9.54. The van der Waals surface area contributed by atoms with Crippen LogP contribution in [0.15, 0.2) is 25.3 Å². The molecule has 2 unspecified atom stereocenters. The SMILES string of the molecule is C=CCOC(=O)[C@H]1[C@H]2C(=O)N(CCCO)C(C(=O)N(CC=C)C(C)(C)CC(C)(C)C)C23CC[C@]1(C)O3. The van der Waals surface area contributed by atoms with Crippen molar-refractivity contribution in [2.45, 2.75) is 90.0 Å². The van der Waals surface area contributed by atoms with Crippen LogP contribution < -0.4 is 0 Å². The maximum absolute atomic E-state index is 14.5. The number of rotatable bonds is 11. The molecule has 1 N–H and O–H groups in total. The number of aliphatic hydroxyl groups excluding tert-OH is 1. The largest absolute Gasteiger partial charge is 0.461 e. The van der Waals surface area contributed by atoms with Gasteiger partial charge in [-0.05, 0) is 51.9 Å². The van der Waals surface area contributed by atoms with E-state index in [9.17, 15) is 19.5 Å². The second-order valence-electron chi connectivity index (χ2n) is 12.5. The molecule has 8 heteroatoms.